The van der Waals surface area contributed by atoms with Gasteiger partial charge in [0.25, 0.3) is 0 Å². The summed E-state index contributed by atoms with van der Waals surface area (Å²) in [4.78, 5) is 15.6. The van der Waals surface area contributed by atoms with Gasteiger partial charge in [-0.25, -0.2) is 0 Å². The molecular weight excluding hydrogens is 302 g/mol. The minimum atomic E-state index is -0.982. The molecule has 3 unspecified atom stereocenters. The summed E-state index contributed by atoms with van der Waals surface area (Å²) < 4.78 is 5.97. The quantitative estimate of drug-likeness (QED) is 0.843. The summed E-state index contributed by atoms with van der Waals surface area (Å²) in [6.07, 6.45) is 4.19. The first-order chi connectivity index (χ1) is 11.5. The molecule has 0 saturated carbocycles. The van der Waals surface area contributed by atoms with Crippen molar-refractivity contribution < 1.29 is 14.6 Å². The van der Waals surface area contributed by atoms with E-state index in [0.717, 1.165) is 18.4 Å². The fourth-order valence-electron chi connectivity index (χ4n) is 4.48. The molecule has 0 amide bonds. The van der Waals surface area contributed by atoms with Crippen LogP contribution in [0.3, 0.4) is 0 Å². The van der Waals surface area contributed by atoms with Gasteiger partial charge in [0.15, 0.2) is 0 Å². The molecule has 0 aromatic heterocycles. The van der Waals surface area contributed by atoms with E-state index in [0.29, 0.717) is 12.1 Å². The molecule has 2 aliphatic heterocycles. The van der Waals surface area contributed by atoms with E-state index in [4.69, 9.17) is 4.74 Å². The highest BCUT2D eigenvalue weighted by atomic mass is 16.5. The van der Waals surface area contributed by atoms with Crippen molar-refractivity contribution >= 4 is 5.97 Å². The number of carbonyl (C=O) groups is 1. The van der Waals surface area contributed by atoms with Crippen LogP contribution >= 0.6 is 0 Å². The second kappa shape index (κ2) is 6.85. The summed E-state index contributed by atoms with van der Waals surface area (Å²) in [6, 6.07) is 10.6. The third-order valence-electron chi connectivity index (χ3n) is 6.22. The lowest BCUT2D eigenvalue weighted by atomic mass is 9.72. The molecule has 4 heteroatoms. The number of hydrogen-bond acceptors (Lipinski definition) is 4. The maximum atomic E-state index is 13.1. The average Bonchev–Trinajstić information content (AvgIpc) is 2.78. The third-order valence-corrected chi connectivity index (χ3v) is 6.22. The van der Waals surface area contributed by atoms with Gasteiger partial charge in [0, 0.05) is 12.1 Å². The number of rotatable bonds is 5. The topological polar surface area (TPSA) is 49.8 Å². The molecule has 0 spiro atoms. The maximum absolute atomic E-state index is 13.1. The number of aliphatic hydroxyl groups excluding tert-OH is 1. The normalized spacial score (nSPS) is 29.5. The Morgan fingerprint density at radius 2 is 1.83 bits per heavy atom. The highest BCUT2D eigenvalue weighted by Gasteiger charge is 2.47. The molecule has 2 bridgehead atoms. The lowest BCUT2D eigenvalue weighted by molar-refractivity contribution is -0.163. The zero-order chi connectivity index (χ0) is 17.3. The molecule has 2 fully saturated rings. The second-order valence-electron chi connectivity index (χ2n) is 7.70. The van der Waals surface area contributed by atoms with Crippen LogP contribution in [0.2, 0.25) is 0 Å². The van der Waals surface area contributed by atoms with Crippen molar-refractivity contribution in [1.29, 1.82) is 0 Å². The summed E-state index contributed by atoms with van der Waals surface area (Å²) in [5, 5.41) is 10.1. The number of ether oxygens (including phenoxy) is 1. The Labute approximate surface area is 144 Å². The molecule has 2 heterocycles. The number of aliphatic hydroxyl groups is 1. The smallest absolute Gasteiger partial charge is 0.319 e. The molecule has 4 nitrogen and oxygen atoms in total. The van der Waals surface area contributed by atoms with Crippen LogP contribution in [0, 0.1) is 5.92 Å². The first-order valence-electron chi connectivity index (χ1n) is 9.08. The van der Waals surface area contributed by atoms with Gasteiger partial charge in [-0.1, -0.05) is 44.2 Å². The van der Waals surface area contributed by atoms with Crippen molar-refractivity contribution in [2.24, 2.45) is 5.92 Å². The molecular formula is C20H29NO3. The lowest BCUT2D eigenvalue weighted by Gasteiger charge is -2.39. The molecule has 24 heavy (non-hydrogen) atoms. The predicted octanol–water partition coefficient (Wildman–Crippen LogP) is 2.74. The fourth-order valence-corrected chi connectivity index (χ4v) is 4.48. The Balaban J connectivity index is 1.80. The standard InChI is InChI=1S/C20H29NO3/c1-14(2)20(13-22,15-7-5-4-6-8-15)19(23)24-18-11-16-9-10-17(12-18)21(16)3/h4-8,14,16-18,22H,9-13H2,1-3H3. The highest BCUT2D eigenvalue weighted by Crippen LogP contribution is 2.38. The van der Waals surface area contributed by atoms with Gasteiger partial charge >= 0.3 is 5.97 Å². The summed E-state index contributed by atoms with van der Waals surface area (Å²) in [5.41, 5.74) is -0.146. The molecule has 1 aromatic rings. The average molecular weight is 331 g/mol. The predicted molar refractivity (Wildman–Crippen MR) is 93.7 cm³/mol. The molecule has 1 N–H and O–H groups in total. The van der Waals surface area contributed by atoms with Crippen molar-refractivity contribution in [3.8, 4) is 0 Å². The van der Waals surface area contributed by atoms with Crippen LogP contribution in [0.5, 0.6) is 0 Å². The van der Waals surface area contributed by atoms with E-state index in [2.05, 4.69) is 11.9 Å². The SMILES string of the molecule is CC(C)C(CO)(C(=O)OC1CC2CCC(C1)N2C)c1ccccc1. The van der Waals surface area contributed by atoms with Crippen LogP contribution < -0.4 is 0 Å². The van der Waals surface area contributed by atoms with Gasteiger partial charge in [0.05, 0.1) is 6.61 Å². The Kier molecular flexibility index (Phi) is 4.97. The van der Waals surface area contributed by atoms with Crippen molar-refractivity contribution in [3.63, 3.8) is 0 Å². The Morgan fingerprint density at radius 3 is 2.33 bits per heavy atom. The van der Waals surface area contributed by atoms with Gasteiger partial charge in [-0.3, -0.25) is 4.79 Å². The lowest BCUT2D eigenvalue weighted by Crippen LogP contribution is -2.49. The van der Waals surface area contributed by atoms with Gasteiger partial charge in [-0.15, -0.1) is 0 Å². The number of benzene rings is 1. The number of piperidine rings is 1. The zero-order valence-electron chi connectivity index (χ0n) is 14.9. The molecule has 132 valence electrons. The van der Waals surface area contributed by atoms with Crippen molar-refractivity contribution in [2.45, 2.75) is 63.1 Å². The minimum Gasteiger partial charge on any atom is -0.462 e. The molecule has 2 aliphatic rings. The molecule has 3 rings (SSSR count). The van der Waals surface area contributed by atoms with Crippen LogP contribution in [0.25, 0.3) is 0 Å². The number of carbonyl (C=O) groups excluding carboxylic acids is 1. The van der Waals surface area contributed by atoms with E-state index >= 15 is 0 Å². The molecule has 1 aromatic carbocycles. The second-order valence-corrected chi connectivity index (χ2v) is 7.70. The van der Waals surface area contributed by atoms with Gasteiger partial charge in [0.2, 0.25) is 0 Å². The van der Waals surface area contributed by atoms with Gasteiger partial charge in [-0.05, 0) is 44.2 Å². The van der Waals surface area contributed by atoms with E-state index in [1.165, 1.54) is 12.8 Å². The Bertz CT molecular complexity index is 560. The largest absolute Gasteiger partial charge is 0.462 e. The first-order valence-corrected chi connectivity index (χ1v) is 9.08. The number of fused-ring (bicyclic) bond motifs is 2. The van der Waals surface area contributed by atoms with Crippen LogP contribution in [-0.2, 0) is 14.9 Å². The Hall–Kier alpha value is -1.39. The summed E-state index contributed by atoms with van der Waals surface area (Å²) in [5.74, 6) is -0.319. The molecule has 0 aliphatic carbocycles. The van der Waals surface area contributed by atoms with E-state index in [1.54, 1.807) is 0 Å². The van der Waals surface area contributed by atoms with E-state index in [9.17, 15) is 9.90 Å². The monoisotopic (exact) mass is 331 g/mol. The van der Waals surface area contributed by atoms with E-state index < -0.39 is 5.41 Å². The summed E-state index contributed by atoms with van der Waals surface area (Å²) >= 11 is 0. The fraction of sp³-hybridized carbons (Fsp3) is 0.650. The molecule has 2 saturated heterocycles. The number of nitrogens with zero attached hydrogens (tertiary/aromatic N) is 1. The van der Waals surface area contributed by atoms with Crippen LogP contribution in [0.15, 0.2) is 30.3 Å². The van der Waals surface area contributed by atoms with Gasteiger partial charge in [0.1, 0.15) is 11.5 Å². The first kappa shape index (κ1) is 17.4. The minimum absolute atomic E-state index is 0.0282. The van der Waals surface area contributed by atoms with Crippen molar-refractivity contribution in [2.75, 3.05) is 13.7 Å². The van der Waals surface area contributed by atoms with Gasteiger partial charge in [-0.2, -0.15) is 0 Å². The van der Waals surface area contributed by atoms with Crippen LogP contribution in [0.1, 0.15) is 45.1 Å². The van der Waals surface area contributed by atoms with Crippen molar-refractivity contribution in [1.82, 2.24) is 4.90 Å². The maximum Gasteiger partial charge on any atom is 0.319 e. The molecule has 0 radical (unpaired) electrons. The Morgan fingerprint density at radius 1 is 1.25 bits per heavy atom. The highest BCUT2D eigenvalue weighted by molar-refractivity contribution is 5.84. The van der Waals surface area contributed by atoms with Crippen LogP contribution in [-0.4, -0.2) is 47.8 Å². The van der Waals surface area contributed by atoms with Crippen LogP contribution in [0.4, 0.5) is 0 Å². The third kappa shape index (κ3) is 2.86. The zero-order valence-corrected chi connectivity index (χ0v) is 14.9. The van der Waals surface area contributed by atoms with Gasteiger partial charge < -0.3 is 14.7 Å². The van der Waals surface area contributed by atoms with E-state index in [1.807, 2.05) is 44.2 Å². The number of esters is 1. The van der Waals surface area contributed by atoms with E-state index in [-0.39, 0.29) is 24.6 Å². The summed E-state index contributed by atoms with van der Waals surface area (Å²) in [7, 11) is 2.18. The van der Waals surface area contributed by atoms with Crippen molar-refractivity contribution in [3.05, 3.63) is 35.9 Å². The molecule has 3 atom stereocenters. The summed E-state index contributed by atoms with van der Waals surface area (Å²) in [6.45, 7) is 3.72. The number of hydrogen-bond donors (Lipinski definition) is 1.